The summed E-state index contributed by atoms with van der Waals surface area (Å²) < 4.78 is 1.21. The van der Waals surface area contributed by atoms with Crippen LogP contribution in [0.25, 0.3) is 0 Å². The largest absolute Gasteiger partial charge is 0.316 e. The molecule has 2 aromatic rings. The van der Waals surface area contributed by atoms with Crippen LogP contribution in [0.15, 0.2) is 53.3 Å². The minimum absolute atomic E-state index is 0.508. The zero-order valence-electron chi connectivity index (χ0n) is 10.7. The number of aromatic nitrogens is 1. The van der Waals surface area contributed by atoms with Gasteiger partial charge in [-0.25, -0.2) is 0 Å². The normalized spacial score (nSPS) is 23.2. The molecule has 0 radical (unpaired) electrons. The lowest BCUT2D eigenvalue weighted by Crippen LogP contribution is -2.34. The van der Waals surface area contributed by atoms with E-state index in [1.54, 1.807) is 0 Å². The zero-order chi connectivity index (χ0) is 13.1. The lowest BCUT2D eigenvalue weighted by Gasteiger charge is -2.33. The van der Waals surface area contributed by atoms with Crippen LogP contribution < -0.4 is 5.32 Å². The van der Waals surface area contributed by atoms with Crippen molar-refractivity contribution in [2.45, 2.75) is 18.3 Å². The minimum atomic E-state index is 0.508. The van der Waals surface area contributed by atoms with Crippen molar-refractivity contribution in [1.29, 1.82) is 0 Å². The molecule has 2 unspecified atom stereocenters. The molecule has 3 rings (SSSR count). The summed E-state index contributed by atoms with van der Waals surface area (Å²) in [5, 5.41) is 3.52. The second-order valence-electron chi connectivity index (χ2n) is 5.01. The van der Waals surface area contributed by atoms with E-state index < -0.39 is 0 Å². The molecule has 2 heterocycles. The Kier molecular flexibility index (Phi) is 3.95. The molecule has 2 atom stereocenters. The van der Waals surface area contributed by atoms with E-state index in [2.05, 4.69) is 56.6 Å². The Bertz CT molecular complexity index is 541. The van der Waals surface area contributed by atoms with Crippen molar-refractivity contribution in [3.05, 3.63) is 64.4 Å². The maximum absolute atomic E-state index is 4.28. The van der Waals surface area contributed by atoms with E-state index in [1.807, 2.05) is 18.5 Å². The van der Waals surface area contributed by atoms with E-state index in [4.69, 9.17) is 0 Å². The number of rotatable bonds is 2. The maximum Gasteiger partial charge on any atom is 0.0302 e. The van der Waals surface area contributed by atoms with Gasteiger partial charge in [-0.2, -0.15) is 0 Å². The molecule has 1 saturated heterocycles. The SMILES string of the molecule is Brc1ccccc1C1CNCCC1c1cccnc1. The molecule has 2 nitrogen and oxygen atoms in total. The summed E-state index contributed by atoms with van der Waals surface area (Å²) in [6, 6.07) is 12.8. The van der Waals surface area contributed by atoms with Crippen LogP contribution in [0.1, 0.15) is 29.4 Å². The monoisotopic (exact) mass is 316 g/mol. The van der Waals surface area contributed by atoms with Gasteiger partial charge < -0.3 is 5.32 Å². The van der Waals surface area contributed by atoms with Crippen molar-refractivity contribution in [2.75, 3.05) is 13.1 Å². The highest BCUT2D eigenvalue weighted by atomic mass is 79.9. The highest BCUT2D eigenvalue weighted by Gasteiger charge is 2.28. The van der Waals surface area contributed by atoms with Crippen LogP contribution in [0.2, 0.25) is 0 Å². The van der Waals surface area contributed by atoms with Crippen molar-refractivity contribution in [3.63, 3.8) is 0 Å². The summed E-state index contributed by atoms with van der Waals surface area (Å²) in [5.74, 6) is 1.06. The van der Waals surface area contributed by atoms with E-state index in [-0.39, 0.29) is 0 Å². The van der Waals surface area contributed by atoms with Crippen LogP contribution >= 0.6 is 15.9 Å². The molecule has 1 fully saturated rings. The first kappa shape index (κ1) is 12.8. The molecule has 98 valence electrons. The Morgan fingerprint density at radius 2 is 2.00 bits per heavy atom. The van der Waals surface area contributed by atoms with Gasteiger partial charge in [0.15, 0.2) is 0 Å². The van der Waals surface area contributed by atoms with Gasteiger partial charge in [-0.1, -0.05) is 40.2 Å². The Morgan fingerprint density at radius 1 is 1.11 bits per heavy atom. The maximum atomic E-state index is 4.28. The fourth-order valence-corrected chi connectivity index (χ4v) is 3.53. The average Bonchev–Trinajstić information content (AvgIpc) is 2.49. The third-order valence-electron chi connectivity index (χ3n) is 3.90. The molecular formula is C16H17BrN2. The Labute approximate surface area is 122 Å². The fourth-order valence-electron chi connectivity index (χ4n) is 2.96. The van der Waals surface area contributed by atoms with Gasteiger partial charge in [0.05, 0.1) is 0 Å². The molecule has 0 spiro atoms. The van der Waals surface area contributed by atoms with Crippen LogP contribution in [-0.2, 0) is 0 Å². The van der Waals surface area contributed by atoms with Gasteiger partial charge in [0.2, 0.25) is 0 Å². The third kappa shape index (κ3) is 2.72. The highest BCUT2D eigenvalue weighted by Crippen LogP contribution is 2.39. The first-order valence-corrected chi connectivity index (χ1v) is 7.50. The second kappa shape index (κ2) is 5.85. The van der Waals surface area contributed by atoms with Gasteiger partial charge in [0, 0.05) is 29.3 Å². The summed E-state index contributed by atoms with van der Waals surface area (Å²) >= 11 is 3.69. The molecule has 0 saturated carbocycles. The van der Waals surface area contributed by atoms with E-state index in [0.29, 0.717) is 11.8 Å². The second-order valence-corrected chi connectivity index (χ2v) is 5.87. The summed E-state index contributed by atoms with van der Waals surface area (Å²) in [7, 11) is 0. The molecule has 1 aliphatic rings. The quantitative estimate of drug-likeness (QED) is 0.913. The smallest absolute Gasteiger partial charge is 0.0302 e. The van der Waals surface area contributed by atoms with Gasteiger partial charge in [-0.05, 0) is 42.1 Å². The van der Waals surface area contributed by atoms with Crippen molar-refractivity contribution < 1.29 is 0 Å². The number of nitrogens with zero attached hydrogens (tertiary/aromatic N) is 1. The van der Waals surface area contributed by atoms with Crippen molar-refractivity contribution in [3.8, 4) is 0 Å². The highest BCUT2D eigenvalue weighted by molar-refractivity contribution is 9.10. The molecule has 1 aromatic heterocycles. The van der Waals surface area contributed by atoms with Gasteiger partial charge in [-0.15, -0.1) is 0 Å². The molecule has 1 aliphatic heterocycles. The average molecular weight is 317 g/mol. The predicted octanol–water partition coefficient (Wildman–Crippen LogP) is 3.70. The standard InChI is InChI=1S/C16H17BrN2/c17-16-6-2-1-5-14(16)15-11-19-9-7-13(15)12-4-3-8-18-10-12/h1-6,8,10,13,15,19H,7,9,11H2. The van der Waals surface area contributed by atoms with Crippen LogP contribution in [0.4, 0.5) is 0 Å². The summed E-state index contributed by atoms with van der Waals surface area (Å²) in [4.78, 5) is 4.28. The number of hydrogen-bond donors (Lipinski definition) is 1. The molecule has 3 heteroatoms. The predicted molar refractivity (Wildman–Crippen MR) is 81.3 cm³/mol. The zero-order valence-corrected chi connectivity index (χ0v) is 12.3. The minimum Gasteiger partial charge on any atom is -0.316 e. The van der Waals surface area contributed by atoms with E-state index in [1.165, 1.54) is 15.6 Å². The molecule has 0 bridgehead atoms. The molecular weight excluding hydrogens is 300 g/mol. The number of piperidine rings is 1. The molecule has 0 amide bonds. The lowest BCUT2D eigenvalue weighted by atomic mass is 9.78. The van der Waals surface area contributed by atoms with Crippen LogP contribution in [0.3, 0.4) is 0 Å². The van der Waals surface area contributed by atoms with Crippen molar-refractivity contribution >= 4 is 15.9 Å². The third-order valence-corrected chi connectivity index (χ3v) is 4.62. The van der Waals surface area contributed by atoms with Crippen LogP contribution in [-0.4, -0.2) is 18.1 Å². The van der Waals surface area contributed by atoms with Crippen molar-refractivity contribution in [2.24, 2.45) is 0 Å². The fraction of sp³-hybridized carbons (Fsp3) is 0.312. The molecule has 1 aromatic carbocycles. The number of nitrogens with one attached hydrogen (secondary N) is 1. The molecule has 0 aliphatic carbocycles. The van der Waals surface area contributed by atoms with Crippen LogP contribution in [0.5, 0.6) is 0 Å². The van der Waals surface area contributed by atoms with E-state index >= 15 is 0 Å². The van der Waals surface area contributed by atoms with Gasteiger partial charge >= 0.3 is 0 Å². The lowest BCUT2D eigenvalue weighted by molar-refractivity contribution is 0.402. The van der Waals surface area contributed by atoms with E-state index in [9.17, 15) is 0 Å². The van der Waals surface area contributed by atoms with Crippen molar-refractivity contribution in [1.82, 2.24) is 10.3 Å². The topological polar surface area (TPSA) is 24.9 Å². The summed E-state index contributed by atoms with van der Waals surface area (Å²) in [5.41, 5.74) is 2.74. The number of pyridine rings is 1. The Hall–Kier alpha value is -1.19. The Balaban J connectivity index is 1.96. The number of halogens is 1. The van der Waals surface area contributed by atoms with Crippen LogP contribution in [0, 0.1) is 0 Å². The summed E-state index contributed by atoms with van der Waals surface area (Å²) in [6.07, 6.45) is 5.02. The number of benzene rings is 1. The summed E-state index contributed by atoms with van der Waals surface area (Å²) in [6.45, 7) is 2.11. The Morgan fingerprint density at radius 3 is 2.79 bits per heavy atom. The van der Waals surface area contributed by atoms with Gasteiger partial charge in [0.1, 0.15) is 0 Å². The van der Waals surface area contributed by atoms with Gasteiger partial charge in [-0.3, -0.25) is 4.98 Å². The number of hydrogen-bond acceptors (Lipinski definition) is 2. The first-order chi connectivity index (χ1) is 9.36. The van der Waals surface area contributed by atoms with E-state index in [0.717, 1.165) is 19.5 Å². The van der Waals surface area contributed by atoms with Gasteiger partial charge in [0.25, 0.3) is 0 Å². The first-order valence-electron chi connectivity index (χ1n) is 6.71. The molecule has 1 N–H and O–H groups in total. The molecule has 19 heavy (non-hydrogen) atoms.